The van der Waals surface area contributed by atoms with E-state index in [0.29, 0.717) is 43.3 Å². The number of ether oxygens (including phenoxy) is 4. The Morgan fingerprint density at radius 1 is 1.22 bits per heavy atom. The first kappa shape index (κ1) is 30.3. The van der Waals surface area contributed by atoms with Gasteiger partial charge in [0, 0.05) is 19.3 Å². The molecule has 4 rings (SSSR count). The molecule has 0 radical (unpaired) electrons. The Labute approximate surface area is 239 Å². The number of nitrogens with one attached hydrogen (secondary N) is 1. The highest BCUT2D eigenvalue weighted by Crippen LogP contribution is 2.63. The lowest BCUT2D eigenvalue weighted by molar-refractivity contribution is -0.197. The Morgan fingerprint density at radius 3 is 2.54 bits per heavy atom. The Kier molecular flexibility index (Phi) is 8.89. The van der Waals surface area contributed by atoms with Crippen LogP contribution in [0.4, 0.5) is 10.1 Å². The van der Waals surface area contributed by atoms with Gasteiger partial charge in [-0.3, -0.25) is 14.4 Å². The van der Waals surface area contributed by atoms with Gasteiger partial charge in [0.05, 0.1) is 17.3 Å². The van der Waals surface area contributed by atoms with Gasteiger partial charge in [-0.2, -0.15) is 0 Å². The van der Waals surface area contributed by atoms with E-state index in [-0.39, 0.29) is 30.7 Å². The molecule has 1 aromatic rings. The molecule has 1 heterocycles. The van der Waals surface area contributed by atoms with Crippen LogP contribution in [-0.2, 0) is 38.1 Å². The number of carbonyl (C=O) groups is 4. The number of carbonyl (C=O) groups excluding carboxylic acids is 4. The molecule has 2 saturated carbocycles. The Balaban J connectivity index is 1.78. The third-order valence-electron chi connectivity index (χ3n) is 9.26. The van der Waals surface area contributed by atoms with Crippen molar-refractivity contribution in [3.8, 4) is 0 Å². The predicted octanol–water partition coefficient (Wildman–Crippen LogP) is 4.51. The first-order valence-corrected chi connectivity index (χ1v) is 13.9. The summed E-state index contributed by atoms with van der Waals surface area (Å²) >= 11 is 0. The number of esters is 3. The monoisotopic (exact) mass is 571 g/mol. The van der Waals surface area contributed by atoms with Crippen LogP contribution < -0.4 is 5.32 Å². The molecule has 7 atom stereocenters. The van der Waals surface area contributed by atoms with E-state index < -0.39 is 52.8 Å². The highest BCUT2D eigenvalue weighted by molar-refractivity contribution is 5.92. The number of hydrogen-bond acceptors (Lipinski definition) is 9. The van der Waals surface area contributed by atoms with Crippen LogP contribution >= 0.6 is 0 Å². The molecule has 0 amide bonds. The van der Waals surface area contributed by atoms with E-state index in [0.717, 1.165) is 0 Å². The van der Waals surface area contributed by atoms with Crippen LogP contribution in [0.25, 0.3) is 0 Å². The zero-order valence-electron chi connectivity index (χ0n) is 23.9. The van der Waals surface area contributed by atoms with Crippen molar-refractivity contribution in [1.82, 2.24) is 0 Å². The van der Waals surface area contributed by atoms with Crippen LogP contribution in [0.3, 0.4) is 0 Å². The predicted molar refractivity (Wildman–Crippen MR) is 147 cm³/mol. The van der Waals surface area contributed by atoms with E-state index in [1.54, 1.807) is 24.3 Å². The summed E-state index contributed by atoms with van der Waals surface area (Å²) in [5.74, 6) is -2.43. The molecule has 9 nitrogen and oxygen atoms in total. The molecule has 0 spiro atoms. The fourth-order valence-electron chi connectivity index (χ4n) is 7.36. The van der Waals surface area contributed by atoms with Crippen molar-refractivity contribution in [2.45, 2.75) is 71.6 Å². The van der Waals surface area contributed by atoms with Crippen molar-refractivity contribution >= 4 is 30.1 Å². The maximum atomic E-state index is 14.7. The zero-order valence-corrected chi connectivity index (χ0v) is 23.9. The van der Waals surface area contributed by atoms with Crippen molar-refractivity contribution in [2.75, 3.05) is 18.5 Å². The van der Waals surface area contributed by atoms with E-state index in [1.165, 1.54) is 19.9 Å². The minimum atomic E-state index is -0.809. The molecule has 10 heteroatoms. The van der Waals surface area contributed by atoms with Crippen LogP contribution in [-0.4, -0.2) is 55.8 Å². The minimum absolute atomic E-state index is 0.00489. The van der Waals surface area contributed by atoms with E-state index in [1.807, 2.05) is 6.92 Å². The minimum Gasteiger partial charge on any atom is -0.467 e. The van der Waals surface area contributed by atoms with Crippen molar-refractivity contribution in [3.63, 3.8) is 0 Å². The van der Waals surface area contributed by atoms with Gasteiger partial charge < -0.3 is 24.3 Å². The SMILES string of the molecule is C=C1[C@@H](OC(C)=O)C[C@@H]2[C@](C)(COC=O)[C@H](OC(C)=O)CC[C@@]2(C)[C@@H]1C[C@@H](Nc1ccccc1F)C1=CCOC1=O. The van der Waals surface area contributed by atoms with Crippen LogP contribution in [0.1, 0.15) is 53.4 Å². The van der Waals surface area contributed by atoms with Gasteiger partial charge in [-0.05, 0) is 66.7 Å². The lowest BCUT2D eigenvalue weighted by Gasteiger charge is -2.61. The van der Waals surface area contributed by atoms with Crippen LogP contribution in [0.15, 0.2) is 48.1 Å². The van der Waals surface area contributed by atoms with Gasteiger partial charge in [-0.1, -0.05) is 32.6 Å². The van der Waals surface area contributed by atoms with Gasteiger partial charge in [0.25, 0.3) is 6.47 Å². The Morgan fingerprint density at radius 2 is 1.93 bits per heavy atom. The largest absolute Gasteiger partial charge is 0.467 e. The summed E-state index contributed by atoms with van der Waals surface area (Å²) in [5, 5.41) is 3.21. The first-order valence-electron chi connectivity index (χ1n) is 13.9. The van der Waals surface area contributed by atoms with Crippen molar-refractivity contribution in [2.24, 2.45) is 22.7 Å². The number of halogens is 1. The molecule has 222 valence electrons. The van der Waals surface area contributed by atoms with Gasteiger partial charge >= 0.3 is 17.9 Å². The van der Waals surface area contributed by atoms with Crippen LogP contribution in [0.5, 0.6) is 0 Å². The average molecular weight is 572 g/mol. The molecule has 0 saturated heterocycles. The number of cyclic esters (lactones) is 1. The number of anilines is 1. The molecule has 1 N–H and O–H groups in total. The zero-order chi connectivity index (χ0) is 29.9. The smallest absolute Gasteiger partial charge is 0.336 e. The molecule has 0 bridgehead atoms. The van der Waals surface area contributed by atoms with Crippen molar-refractivity contribution < 1.29 is 42.5 Å². The summed E-state index contributed by atoms with van der Waals surface area (Å²) in [6, 6.07) is 5.58. The second-order valence-corrected chi connectivity index (χ2v) is 11.7. The molecular formula is C31H38FNO8. The molecule has 0 unspecified atom stereocenters. The number of hydrogen-bond donors (Lipinski definition) is 1. The average Bonchev–Trinajstić information content (AvgIpc) is 3.34. The topological polar surface area (TPSA) is 117 Å². The van der Waals surface area contributed by atoms with E-state index in [9.17, 15) is 23.6 Å². The highest BCUT2D eigenvalue weighted by atomic mass is 19.1. The second kappa shape index (κ2) is 12.0. The molecular weight excluding hydrogens is 533 g/mol. The summed E-state index contributed by atoms with van der Waals surface area (Å²) in [4.78, 5) is 48.3. The molecule has 1 aliphatic heterocycles. The Hall–Kier alpha value is -3.69. The van der Waals surface area contributed by atoms with Gasteiger partial charge in [0.2, 0.25) is 0 Å². The molecule has 2 fully saturated rings. The molecule has 1 aromatic carbocycles. The fourth-order valence-corrected chi connectivity index (χ4v) is 7.36. The number of rotatable bonds is 10. The highest BCUT2D eigenvalue weighted by Gasteiger charge is 2.62. The lowest BCUT2D eigenvalue weighted by atomic mass is 9.45. The summed E-state index contributed by atoms with van der Waals surface area (Å²) in [6.07, 6.45) is 2.32. The molecule has 0 aromatic heterocycles. The Bertz CT molecular complexity index is 1250. The quantitative estimate of drug-likeness (QED) is 0.187. The van der Waals surface area contributed by atoms with Gasteiger partial charge in [0.1, 0.15) is 31.2 Å². The maximum Gasteiger partial charge on any atom is 0.336 e. The second-order valence-electron chi connectivity index (χ2n) is 11.7. The number of benzene rings is 1. The summed E-state index contributed by atoms with van der Waals surface area (Å²) in [5.41, 5.74) is 0.00782. The normalized spacial score (nSPS) is 31.7. The van der Waals surface area contributed by atoms with Crippen molar-refractivity contribution in [3.05, 3.63) is 53.9 Å². The third-order valence-corrected chi connectivity index (χ3v) is 9.26. The van der Waals surface area contributed by atoms with E-state index in [4.69, 9.17) is 18.9 Å². The lowest BCUT2D eigenvalue weighted by Crippen LogP contribution is -2.61. The number of fused-ring (bicyclic) bond motifs is 1. The maximum absolute atomic E-state index is 14.7. The number of para-hydroxylation sites is 1. The molecule has 3 aliphatic rings. The summed E-state index contributed by atoms with van der Waals surface area (Å²) in [7, 11) is 0. The standard InChI is InChI=1S/C31H38FNO8/c1-18-22(14-25(21-11-13-39-29(21)37)33-24-9-7-6-8-23(24)32)30(4)12-10-28(41-20(3)36)31(5,16-38-17-34)27(30)15-26(18)40-19(2)35/h6-9,11,17,22,25-28,33H,1,10,12-16H2,2-5H3/t22-,25-,26+,27+,28-,30+,31+/m1/s1. The fraction of sp³-hybridized carbons (Fsp3) is 0.548. The summed E-state index contributed by atoms with van der Waals surface area (Å²) < 4.78 is 36.8. The first-order chi connectivity index (χ1) is 19.4. The molecule has 2 aliphatic carbocycles. The van der Waals surface area contributed by atoms with Crippen LogP contribution in [0.2, 0.25) is 0 Å². The van der Waals surface area contributed by atoms with Crippen molar-refractivity contribution in [1.29, 1.82) is 0 Å². The summed E-state index contributed by atoms with van der Waals surface area (Å²) in [6.45, 7) is 11.6. The van der Waals surface area contributed by atoms with Gasteiger partial charge in [-0.25, -0.2) is 9.18 Å². The van der Waals surface area contributed by atoms with E-state index in [2.05, 4.69) is 18.8 Å². The van der Waals surface area contributed by atoms with Gasteiger partial charge in [-0.15, -0.1) is 0 Å². The van der Waals surface area contributed by atoms with Gasteiger partial charge in [0.15, 0.2) is 0 Å². The third kappa shape index (κ3) is 6.01. The molecule has 41 heavy (non-hydrogen) atoms. The van der Waals surface area contributed by atoms with E-state index >= 15 is 0 Å². The van der Waals surface area contributed by atoms with Crippen LogP contribution in [0, 0.1) is 28.5 Å².